The number of pyridine rings is 1. The van der Waals surface area contributed by atoms with Gasteiger partial charge < -0.3 is 0 Å². The summed E-state index contributed by atoms with van der Waals surface area (Å²) in [6.45, 7) is 4.71. The first kappa shape index (κ1) is 14.4. The van der Waals surface area contributed by atoms with E-state index in [2.05, 4.69) is 4.98 Å². The van der Waals surface area contributed by atoms with Gasteiger partial charge in [0.15, 0.2) is 11.6 Å². The van der Waals surface area contributed by atoms with Crippen molar-refractivity contribution in [1.82, 2.24) is 4.98 Å². The molecule has 3 nitrogen and oxygen atoms in total. The van der Waals surface area contributed by atoms with E-state index >= 15 is 0 Å². The van der Waals surface area contributed by atoms with Crippen LogP contribution in [0.2, 0.25) is 5.15 Å². The first-order valence-electron chi connectivity index (χ1n) is 6.19. The Morgan fingerprint density at radius 1 is 1.15 bits per heavy atom. The average Bonchev–Trinajstić information content (AvgIpc) is 2.35. The van der Waals surface area contributed by atoms with Crippen molar-refractivity contribution < 1.29 is 9.59 Å². The van der Waals surface area contributed by atoms with E-state index in [4.69, 9.17) is 11.6 Å². The summed E-state index contributed by atoms with van der Waals surface area (Å²) >= 11 is 6.12. The molecule has 20 heavy (non-hydrogen) atoms. The van der Waals surface area contributed by atoms with Crippen LogP contribution in [0.4, 0.5) is 0 Å². The fraction of sp³-hybridized carbons (Fsp3) is 0.188. The number of ketones is 2. The number of hydrogen-bond donors (Lipinski definition) is 0. The van der Waals surface area contributed by atoms with Crippen LogP contribution in [0, 0.1) is 6.92 Å². The molecule has 0 atom stereocenters. The standard InChI is InChI=1S/C16H14ClNO2/c1-9-4-5-15-12(6-9)7-13(16(17)18-15)8-14(10(2)19)11(3)20/h4-8H,1-3H3. The predicted octanol–water partition coefficient (Wildman–Crippen LogP) is 3.76. The number of halogens is 1. The Bertz CT molecular complexity index is 731. The molecule has 0 aliphatic rings. The second-order valence-corrected chi connectivity index (χ2v) is 5.09. The third-order valence-corrected chi connectivity index (χ3v) is 3.31. The molecule has 0 bridgehead atoms. The number of aromatic nitrogens is 1. The summed E-state index contributed by atoms with van der Waals surface area (Å²) in [7, 11) is 0. The Morgan fingerprint density at radius 2 is 1.80 bits per heavy atom. The maximum Gasteiger partial charge on any atom is 0.163 e. The zero-order valence-electron chi connectivity index (χ0n) is 11.5. The normalized spacial score (nSPS) is 10.4. The quantitative estimate of drug-likeness (QED) is 0.374. The van der Waals surface area contributed by atoms with E-state index in [0.29, 0.717) is 5.56 Å². The van der Waals surface area contributed by atoms with Gasteiger partial charge in [0.2, 0.25) is 0 Å². The highest BCUT2D eigenvalue weighted by Crippen LogP contribution is 2.24. The maximum absolute atomic E-state index is 11.5. The Morgan fingerprint density at radius 3 is 2.40 bits per heavy atom. The molecule has 0 N–H and O–H groups in total. The van der Waals surface area contributed by atoms with Crippen LogP contribution in [0.25, 0.3) is 17.0 Å². The molecule has 2 rings (SSSR count). The molecular formula is C16H14ClNO2. The monoisotopic (exact) mass is 287 g/mol. The summed E-state index contributed by atoms with van der Waals surface area (Å²) in [4.78, 5) is 27.2. The third kappa shape index (κ3) is 2.94. The van der Waals surface area contributed by atoms with Crippen molar-refractivity contribution in [3.8, 4) is 0 Å². The third-order valence-electron chi connectivity index (χ3n) is 3.01. The lowest BCUT2D eigenvalue weighted by molar-refractivity contribution is -0.119. The highest BCUT2D eigenvalue weighted by atomic mass is 35.5. The van der Waals surface area contributed by atoms with Crippen molar-refractivity contribution in [3.05, 3.63) is 46.1 Å². The highest BCUT2D eigenvalue weighted by molar-refractivity contribution is 6.32. The number of fused-ring (bicyclic) bond motifs is 1. The summed E-state index contributed by atoms with van der Waals surface area (Å²) in [5.74, 6) is -0.559. The summed E-state index contributed by atoms with van der Waals surface area (Å²) in [6.07, 6.45) is 1.50. The predicted molar refractivity (Wildman–Crippen MR) is 80.8 cm³/mol. The molecule has 2 aromatic rings. The molecule has 0 amide bonds. The van der Waals surface area contributed by atoms with E-state index in [9.17, 15) is 9.59 Å². The van der Waals surface area contributed by atoms with Crippen LogP contribution < -0.4 is 0 Å². The van der Waals surface area contributed by atoms with Crippen molar-refractivity contribution in [2.24, 2.45) is 0 Å². The number of Topliss-reactive ketones (excluding diaryl/α,β-unsaturated/α-hetero) is 2. The number of hydrogen-bond acceptors (Lipinski definition) is 3. The first-order chi connectivity index (χ1) is 9.38. The Labute approximate surface area is 122 Å². The second kappa shape index (κ2) is 5.55. The van der Waals surface area contributed by atoms with Gasteiger partial charge in [-0.2, -0.15) is 0 Å². The molecule has 0 radical (unpaired) electrons. The first-order valence-corrected chi connectivity index (χ1v) is 6.57. The SMILES string of the molecule is CC(=O)C(=Cc1cc2cc(C)ccc2nc1Cl)C(C)=O. The van der Waals surface area contributed by atoms with Crippen LogP contribution in [0.1, 0.15) is 25.0 Å². The number of benzene rings is 1. The molecule has 0 fully saturated rings. The fourth-order valence-electron chi connectivity index (χ4n) is 2.00. The lowest BCUT2D eigenvalue weighted by atomic mass is 10.0. The van der Waals surface area contributed by atoms with Crippen molar-refractivity contribution in [3.63, 3.8) is 0 Å². The number of carbonyl (C=O) groups excluding carboxylic acids is 2. The van der Waals surface area contributed by atoms with Crippen molar-refractivity contribution in [2.75, 3.05) is 0 Å². The number of carbonyl (C=O) groups is 2. The number of nitrogens with zero attached hydrogens (tertiary/aromatic N) is 1. The molecule has 4 heteroatoms. The summed E-state index contributed by atoms with van der Waals surface area (Å²) in [5, 5.41) is 1.20. The minimum Gasteiger partial charge on any atom is -0.294 e. The maximum atomic E-state index is 11.5. The van der Waals surface area contributed by atoms with Gasteiger partial charge in [0.05, 0.1) is 11.1 Å². The number of aryl methyl sites for hydroxylation is 1. The molecule has 0 saturated carbocycles. The zero-order chi connectivity index (χ0) is 14.9. The van der Waals surface area contributed by atoms with Gasteiger partial charge in [-0.25, -0.2) is 4.98 Å². The lowest BCUT2D eigenvalue weighted by Gasteiger charge is -2.05. The molecule has 0 aliphatic heterocycles. The van der Waals surface area contributed by atoms with Gasteiger partial charge >= 0.3 is 0 Å². The molecular weight excluding hydrogens is 274 g/mol. The van der Waals surface area contributed by atoms with Crippen molar-refractivity contribution >= 4 is 40.1 Å². The lowest BCUT2D eigenvalue weighted by Crippen LogP contribution is -2.05. The van der Waals surface area contributed by atoms with Gasteiger partial charge in [-0.15, -0.1) is 0 Å². The van der Waals surface area contributed by atoms with Crippen LogP contribution in [0.5, 0.6) is 0 Å². The molecule has 102 valence electrons. The molecule has 1 aromatic heterocycles. The zero-order valence-corrected chi connectivity index (χ0v) is 12.3. The summed E-state index contributed by atoms with van der Waals surface area (Å²) in [6, 6.07) is 7.67. The van der Waals surface area contributed by atoms with E-state index in [1.807, 2.05) is 31.2 Å². The molecule has 0 spiro atoms. The van der Waals surface area contributed by atoms with E-state index in [0.717, 1.165) is 16.5 Å². The van der Waals surface area contributed by atoms with Crippen LogP contribution in [-0.2, 0) is 9.59 Å². The minimum absolute atomic E-state index is 0.126. The highest BCUT2D eigenvalue weighted by Gasteiger charge is 2.11. The summed E-state index contributed by atoms with van der Waals surface area (Å²) < 4.78 is 0. The average molecular weight is 288 g/mol. The second-order valence-electron chi connectivity index (χ2n) is 4.73. The van der Waals surface area contributed by atoms with Crippen LogP contribution in [-0.4, -0.2) is 16.6 Å². The van der Waals surface area contributed by atoms with E-state index in [-0.39, 0.29) is 22.3 Å². The van der Waals surface area contributed by atoms with Crippen molar-refractivity contribution in [1.29, 1.82) is 0 Å². The Hall–Kier alpha value is -2.00. The van der Waals surface area contributed by atoms with Gasteiger partial charge in [0, 0.05) is 10.9 Å². The summed E-state index contributed by atoms with van der Waals surface area (Å²) in [5.41, 5.74) is 2.59. The van der Waals surface area contributed by atoms with Crippen LogP contribution >= 0.6 is 11.6 Å². The van der Waals surface area contributed by atoms with Gasteiger partial charge in [-0.3, -0.25) is 9.59 Å². The van der Waals surface area contributed by atoms with Crippen molar-refractivity contribution in [2.45, 2.75) is 20.8 Å². The van der Waals surface area contributed by atoms with Gasteiger partial charge in [-0.1, -0.05) is 23.2 Å². The molecule has 0 aliphatic carbocycles. The molecule has 0 saturated heterocycles. The van der Waals surface area contributed by atoms with E-state index in [1.54, 1.807) is 0 Å². The fourth-order valence-corrected chi connectivity index (χ4v) is 2.20. The number of rotatable bonds is 3. The number of allylic oxidation sites excluding steroid dienone is 1. The molecule has 0 unspecified atom stereocenters. The largest absolute Gasteiger partial charge is 0.294 e. The Balaban J connectivity index is 2.65. The van der Waals surface area contributed by atoms with Gasteiger partial charge in [-0.05, 0) is 45.0 Å². The Kier molecular flexibility index (Phi) is 4.00. The van der Waals surface area contributed by atoms with E-state index in [1.165, 1.54) is 19.9 Å². The molecule has 1 aromatic carbocycles. The topological polar surface area (TPSA) is 47.0 Å². The molecule has 1 heterocycles. The minimum atomic E-state index is -0.280. The smallest absolute Gasteiger partial charge is 0.163 e. The van der Waals surface area contributed by atoms with E-state index < -0.39 is 0 Å². The van der Waals surface area contributed by atoms with Crippen LogP contribution in [0.3, 0.4) is 0 Å². The van der Waals surface area contributed by atoms with Crippen LogP contribution in [0.15, 0.2) is 29.8 Å². The van der Waals surface area contributed by atoms with Gasteiger partial charge in [0.1, 0.15) is 5.15 Å². The van der Waals surface area contributed by atoms with Gasteiger partial charge in [0.25, 0.3) is 0 Å².